The molecule has 1 aliphatic rings. The van der Waals surface area contributed by atoms with Crippen LogP contribution in [0.2, 0.25) is 0 Å². The van der Waals surface area contributed by atoms with Gasteiger partial charge < -0.3 is 15.2 Å². The molecule has 2 amide bonds. The van der Waals surface area contributed by atoms with Crippen molar-refractivity contribution in [2.75, 3.05) is 19.6 Å². The Bertz CT molecular complexity index is 1250. The maximum absolute atomic E-state index is 13.7. The summed E-state index contributed by atoms with van der Waals surface area (Å²) in [7, 11) is 0. The number of piperidine rings is 1. The van der Waals surface area contributed by atoms with Crippen molar-refractivity contribution in [3.05, 3.63) is 93.5 Å². The summed E-state index contributed by atoms with van der Waals surface area (Å²) in [4.78, 5) is 42.5. The quantitative estimate of drug-likeness (QED) is 0.587. The second-order valence-corrected chi connectivity index (χ2v) is 8.68. The van der Waals surface area contributed by atoms with Crippen LogP contribution < -0.4 is 10.9 Å². The standard InChI is InChI=1S/C27H28FN3O3/c1-18-5-4-7-21(17-18)24-10-9-22(26(33)30-24)27(34)31-15-12-20(13-16-31)25(32)29-14-11-19-6-2-3-8-23(19)28/h2-10,17,20H,11-16H2,1H3,(H,29,32)(H,30,33). The van der Waals surface area contributed by atoms with Crippen LogP contribution in [0, 0.1) is 18.7 Å². The summed E-state index contributed by atoms with van der Waals surface area (Å²) >= 11 is 0. The highest BCUT2D eigenvalue weighted by Gasteiger charge is 2.28. The molecule has 3 aromatic rings. The van der Waals surface area contributed by atoms with E-state index < -0.39 is 5.56 Å². The van der Waals surface area contributed by atoms with Crippen LogP contribution in [0.1, 0.15) is 34.3 Å². The molecule has 2 heterocycles. The molecular weight excluding hydrogens is 433 g/mol. The summed E-state index contributed by atoms with van der Waals surface area (Å²) in [5.74, 6) is -0.878. The summed E-state index contributed by atoms with van der Waals surface area (Å²) in [6, 6.07) is 17.6. The van der Waals surface area contributed by atoms with Crippen LogP contribution in [0.15, 0.2) is 65.5 Å². The Morgan fingerprint density at radius 1 is 1.06 bits per heavy atom. The average molecular weight is 462 g/mol. The second-order valence-electron chi connectivity index (χ2n) is 8.68. The highest BCUT2D eigenvalue weighted by atomic mass is 19.1. The Morgan fingerprint density at radius 2 is 1.82 bits per heavy atom. The smallest absolute Gasteiger partial charge is 0.261 e. The Balaban J connectivity index is 1.30. The zero-order valence-corrected chi connectivity index (χ0v) is 19.1. The molecule has 1 fully saturated rings. The number of likely N-dealkylation sites (tertiary alicyclic amines) is 1. The zero-order valence-electron chi connectivity index (χ0n) is 19.1. The van der Waals surface area contributed by atoms with Gasteiger partial charge in [-0.25, -0.2) is 4.39 Å². The van der Waals surface area contributed by atoms with E-state index in [1.54, 1.807) is 35.2 Å². The number of aromatic amines is 1. The number of pyridine rings is 1. The van der Waals surface area contributed by atoms with E-state index in [0.29, 0.717) is 50.2 Å². The van der Waals surface area contributed by atoms with Crippen LogP contribution in [0.5, 0.6) is 0 Å². The fourth-order valence-electron chi connectivity index (χ4n) is 4.30. The lowest BCUT2D eigenvalue weighted by Crippen LogP contribution is -2.44. The third-order valence-electron chi connectivity index (χ3n) is 6.27. The van der Waals surface area contributed by atoms with E-state index >= 15 is 0 Å². The first-order chi connectivity index (χ1) is 16.4. The van der Waals surface area contributed by atoms with Crippen molar-refractivity contribution >= 4 is 11.8 Å². The third kappa shape index (κ3) is 5.42. The molecule has 0 saturated carbocycles. The molecule has 1 saturated heterocycles. The molecule has 0 unspecified atom stereocenters. The van der Waals surface area contributed by atoms with Gasteiger partial charge >= 0.3 is 0 Å². The van der Waals surface area contributed by atoms with Gasteiger partial charge in [-0.15, -0.1) is 0 Å². The Morgan fingerprint density at radius 3 is 2.53 bits per heavy atom. The van der Waals surface area contributed by atoms with Gasteiger partial charge in [0.15, 0.2) is 0 Å². The lowest BCUT2D eigenvalue weighted by atomic mass is 9.95. The molecule has 0 bridgehead atoms. The number of hydrogen-bond donors (Lipinski definition) is 2. The van der Waals surface area contributed by atoms with E-state index in [9.17, 15) is 18.8 Å². The van der Waals surface area contributed by atoms with Crippen LogP contribution in [0.3, 0.4) is 0 Å². The summed E-state index contributed by atoms with van der Waals surface area (Å²) in [5, 5.41) is 2.87. The number of nitrogens with one attached hydrogen (secondary N) is 2. The lowest BCUT2D eigenvalue weighted by Gasteiger charge is -2.31. The summed E-state index contributed by atoms with van der Waals surface area (Å²) in [6.07, 6.45) is 1.48. The predicted molar refractivity (Wildman–Crippen MR) is 129 cm³/mol. The molecule has 4 rings (SSSR count). The number of halogens is 1. The lowest BCUT2D eigenvalue weighted by molar-refractivity contribution is -0.126. The van der Waals surface area contributed by atoms with Gasteiger partial charge in [0.1, 0.15) is 11.4 Å². The van der Waals surface area contributed by atoms with Gasteiger partial charge in [-0.1, -0.05) is 42.0 Å². The van der Waals surface area contributed by atoms with Gasteiger partial charge in [0.2, 0.25) is 5.91 Å². The highest BCUT2D eigenvalue weighted by Crippen LogP contribution is 2.20. The minimum Gasteiger partial charge on any atom is -0.356 e. The second kappa shape index (κ2) is 10.5. The highest BCUT2D eigenvalue weighted by molar-refractivity contribution is 5.94. The van der Waals surface area contributed by atoms with Gasteiger partial charge in [-0.3, -0.25) is 14.4 Å². The summed E-state index contributed by atoms with van der Waals surface area (Å²) in [5.41, 5.74) is 2.88. The van der Waals surface area contributed by atoms with Gasteiger partial charge in [-0.2, -0.15) is 0 Å². The first-order valence-corrected chi connectivity index (χ1v) is 11.5. The summed E-state index contributed by atoms with van der Waals surface area (Å²) < 4.78 is 13.7. The monoisotopic (exact) mass is 461 g/mol. The van der Waals surface area contributed by atoms with Crippen molar-refractivity contribution in [2.45, 2.75) is 26.2 Å². The largest absolute Gasteiger partial charge is 0.356 e. The average Bonchev–Trinajstić information content (AvgIpc) is 2.85. The molecule has 1 aliphatic heterocycles. The molecule has 0 radical (unpaired) electrons. The molecule has 7 heteroatoms. The topological polar surface area (TPSA) is 82.3 Å². The number of carbonyl (C=O) groups excluding carboxylic acids is 2. The van der Waals surface area contributed by atoms with E-state index in [2.05, 4.69) is 10.3 Å². The van der Waals surface area contributed by atoms with E-state index in [0.717, 1.165) is 11.1 Å². The van der Waals surface area contributed by atoms with Crippen LogP contribution in [-0.2, 0) is 11.2 Å². The molecule has 6 nitrogen and oxygen atoms in total. The minimum absolute atomic E-state index is 0.0798. The number of H-pyrrole nitrogens is 1. The van der Waals surface area contributed by atoms with Crippen LogP contribution in [0.25, 0.3) is 11.3 Å². The van der Waals surface area contributed by atoms with Crippen molar-refractivity contribution in [3.63, 3.8) is 0 Å². The Hall–Kier alpha value is -3.74. The normalized spacial score (nSPS) is 14.1. The van der Waals surface area contributed by atoms with Crippen molar-refractivity contribution < 1.29 is 14.0 Å². The number of aromatic nitrogens is 1. The maximum atomic E-state index is 13.7. The number of rotatable bonds is 6. The number of hydrogen-bond acceptors (Lipinski definition) is 3. The fourth-order valence-corrected chi connectivity index (χ4v) is 4.30. The van der Waals surface area contributed by atoms with Gasteiger partial charge in [0, 0.05) is 31.2 Å². The van der Waals surface area contributed by atoms with Crippen LogP contribution >= 0.6 is 0 Å². The molecule has 0 aliphatic carbocycles. The van der Waals surface area contributed by atoms with Gasteiger partial charge in [-0.05, 0) is 61.6 Å². The molecule has 2 aromatic carbocycles. The fraction of sp³-hybridized carbons (Fsp3) is 0.296. The number of aryl methyl sites for hydroxylation is 1. The minimum atomic E-state index is -0.419. The number of nitrogens with zero attached hydrogens (tertiary/aromatic N) is 1. The van der Waals surface area contributed by atoms with Crippen molar-refractivity contribution in [1.29, 1.82) is 0 Å². The molecule has 0 atom stereocenters. The third-order valence-corrected chi connectivity index (χ3v) is 6.27. The van der Waals surface area contributed by atoms with Gasteiger partial charge in [0.25, 0.3) is 11.5 Å². The first kappa shape index (κ1) is 23.4. The van der Waals surface area contributed by atoms with Crippen molar-refractivity contribution in [3.8, 4) is 11.3 Å². The molecule has 176 valence electrons. The molecular formula is C27H28FN3O3. The summed E-state index contributed by atoms with van der Waals surface area (Å²) in [6.45, 7) is 3.15. The van der Waals surface area contributed by atoms with E-state index in [4.69, 9.17) is 0 Å². The molecule has 2 N–H and O–H groups in total. The molecule has 1 aromatic heterocycles. The number of amides is 2. The zero-order chi connectivity index (χ0) is 24.1. The Kier molecular flexibility index (Phi) is 7.21. The van der Waals surface area contributed by atoms with E-state index in [1.165, 1.54) is 6.07 Å². The van der Waals surface area contributed by atoms with E-state index in [-0.39, 0.29) is 29.1 Å². The van der Waals surface area contributed by atoms with Crippen molar-refractivity contribution in [2.24, 2.45) is 5.92 Å². The molecule has 34 heavy (non-hydrogen) atoms. The molecule has 0 spiro atoms. The number of carbonyl (C=O) groups is 2. The SMILES string of the molecule is Cc1cccc(-c2ccc(C(=O)N3CCC(C(=O)NCCc4ccccc4F)CC3)c(=O)[nH]2)c1. The predicted octanol–water partition coefficient (Wildman–Crippen LogP) is 3.70. The van der Waals surface area contributed by atoms with Crippen LogP contribution in [-0.4, -0.2) is 41.3 Å². The maximum Gasteiger partial charge on any atom is 0.261 e. The van der Waals surface area contributed by atoms with Crippen molar-refractivity contribution in [1.82, 2.24) is 15.2 Å². The number of benzene rings is 2. The van der Waals surface area contributed by atoms with Gasteiger partial charge in [0.05, 0.1) is 0 Å². The van der Waals surface area contributed by atoms with Crippen LogP contribution in [0.4, 0.5) is 4.39 Å². The Labute approximate surface area is 197 Å². The first-order valence-electron chi connectivity index (χ1n) is 11.5. The van der Waals surface area contributed by atoms with E-state index in [1.807, 2.05) is 31.2 Å².